The largest absolute Gasteiger partial charge is 0.342 e. The third-order valence-electron chi connectivity index (χ3n) is 4.51. The smallest absolute Gasteiger partial charge is 0.251 e. The molecule has 0 saturated carbocycles. The van der Waals surface area contributed by atoms with E-state index in [0.29, 0.717) is 10.6 Å². The monoisotopic (exact) mass is 369 g/mol. The molecule has 3 rings (SSSR count). The van der Waals surface area contributed by atoms with Gasteiger partial charge in [-0.25, -0.2) is 4.98 Å². The topological polar surface area (TPSA) is 46.9 Å². The van der Waals surface area contributed by atoms with Crippen LogP contribution >= 0.6 is 11.6 Å². The van der Waals surface area contributed by atoms with Gasteiger partial charge < -0.3 is 9.88 Å². The number of aromatic nitrogens is 2. The summed E-state index contributed by atoms with van der Waals surface area (Å²) in [5.41, 5.74) is 2.67. The van der Waals surface area contributed by atoms with Crippen molar-refractivity contribution in [2.45, 2.75) is 45.7 Å². The predicted octanol–water partition coefficient (Wildman–Crippen LogP) is 5.37. The Kier molecular flexibility index (Phi) is 5.94. The van der Waals surface area contributed by atoms with Gasteiger partial charge in [-0.15, -0.1) is 0 Å². The van der Waals surface area contributed by atoms with E-state index in [9.17, 15) is 4.79 Å². The summed E-state index contributed by atoms with van der Waals surface area (Å²) in [6, 6.07) is 14.8. The van der Waals surface area contributed by atoms with Crippen molar-refractivity contribution in [1.29, 1.82) is 0 Å². The van der Waals surface area contributed by atoms with Gasteiger partial charge in [0.2, 0.25) is 0 Å². The number of unbranched alkanes of at least 4 members (excludes halogenated alkanes) is 2. The van der Waals surface area contributed by atoms with Gasteiger partial charge in [0, 0.05) is 17.1 Å². The standard InChI is InChI=1S/C21H24ClN3O/c1-3-4-7-14-25-19-9-6-5-8-18(19)24-20(25)15(2)23-21(26)16-10-12-17(22)13-11-16/h5-6,8-13,15H,3-4,7,14H2,1-2H3,(H,23,26). The Bertz CT molecular complexity index is 886. The van der Waals surface area contributed by atoms with Gasteiger partial charge in [-0.3, -0.25) is 4.79 Å². The number of nitrogens with zero attached hydrogens (tertiary/aromatic N) is 2. The Morgan fingerprint density at radius 2 is 1.88 bits per heavy atom. The molecule has 1 unspecified atom stereocenters. The first-order valence-electron chi connectivity index (χ1n) is 9.11. The van der Waals surface area contributed by atoms with Crippen molar-refractivity contribution in [3.8, 4) is 0 Å². The first kappa shape index (κ1) is 18.5. The van der Waals surface area contributed by atoms with E-state index in [1.807, 2.05) is 25.1 Å². The maximum atomic E-state index is 12.5. The Morgan fingerprint density at radius 3 is 2.62 bits per heavy atom. The van der Waals surface area contributed by atoms with Gasteiger partial charge in [-0.1, -0.05) is 43.5 Å². The maximum absolute atomic E-state index is 12.5. The van der Waals surface area contributed by atoms with Crippen LogP contribution in [0.15, 0.2) is 48.5 Å². The molecule has 136 valence electrons. The third-order valence-corrected chi connectivity index (χ3v) is 4.76. The van der Waals surface area contributed by atoms with Crippen molar-refractivity contribution in [3.63, 3.8) is 0 Å². The molecule has 1 amide bonds. The average molecular weight is 370 g/mol. The van der Waals surface area contributed by atoms with E-state index in [2.05, 4.69) is 22.9 Å². The van der Waals surface area contributed by atoms with Gasteiger partial charge in [0.15, 0.2) is 0 Å². The highest BCUT2D eigenvalue weighted by molar-refractivity contribution is 6.30. The molecule has 1 atom stereocenters. The van der Waals surface area contributed by atoms with Crippen LogP contribution in [-0.2, 0) is 6.54 Å². The molecule has 0 aliphatic rings. The minimum Gasteiger partial charge on any atom is -0.342 e. The van der Waals surface area contributed by atoms with E-state index in [-0.39, 0.29) is 11.9 Å². The van der Waals surface area contributed by atoms with Crippen LogP contribution in [0.2, 0.25) is 5.02 Å². The zero-order valence-electron chi connectivity index (χ0n) is 15.2. The fourth-order valence-corrected chi connectivity index (χ4v) is 3.25. The zero-order valence-corrected chi connectivity index (χ0v) is 16.0. The molecule has 1 aromatic heterocycles. The van der Waals surface area contributed by atoms with E-state index < -0.39 is 0 Å². The molecule has 0 spiro atoms. The van der Waals surface area contributed by atoms with E-state index in [4.69, 9.17) is 16.6 Å². The second-order valence-corrected chi connectivity index (χ2v) is 6.96. The number of benzene rings is 2. The molecule has 0 aliphatic heterocycles. The lowest BCUT2D eigenvalue weighted by molar-refractivity contribution is 0.0937. The van der Waals surface area contributed by atoms with Crippen LogP contribution in [0.1, 0.15) is 55.3 Å². The van der Waals surface area contributed by atoms with Crippen LogP contribution in [0.3, 0.4) is 0 Å². The summed E-state index contributed by atoms with van der Waals surface area (Å²) in [5.74, 6) is 0.769. The summed E-state index contributed by atoms with van der Waals surface area (Å²) >= 11 is 5.90. The SMILES string of the molecule is CCCCCn1c(C(C)NC(=O)c2ccc(Cl)cc2)nc2ccccc21. The molecule has 1 heterocycles. The summed E-state index contributed by atoms with van der Waals surface area (Å²) in [7, 11) is 0. The van der Waals surface area contributed by atoms with Crippen LogP contribution in [0.25, 0.3) is 11.0 Å². The molecule has 1 N–H and O–H groups in total. The van der Waals surface area contributed by atoms with Crippen molar-refractivity contribution in [3.05, 3.63) is 64.9 Å². The van der Waals surface area contributed by atoms with Crippen molar-refractivity contribution in [1.82, 2.24) is 14.9 Å². The number of fused-ring (bicyclic) bond motifs is 1. The molecule has 26 heavy (non-hydrogen) atoms. The lowest BCUT2D eigenvalue weighted by Gasteiger charge is -2.16. The zero-order chi connectivity index (χ0) is 18.5. The quantitative estimate of drug-likeness (QED) is 0.569. The molecule has 4 nitrogen and oxygen atoms in total. The number of amides is 1. The summed E-state index contributed by atoms with van der Waals surface area (Å²) in [5, 5.41) is 3.68. The van der Waals surface area contributed by atoms with E-state index >= 15 is 0 Å². The van der Waals surface area contributed by atoms with Crippen LogP contribution in [0.5, 0.6) is 0 Å². The molecular formula is C21H24ClN3O. The van der Waals surface area contributed by atoms with Crippen molar-refractivity contribution < 1.29 is 4.79 Å². The van der Waals surface area contributed by atoms with Crippen LogP contribution in [0.4, 0.5) is 0 Å². The predicted molar refractivity (Wildman–Crippen MR) is 107 cm³/mol. The number of para-hydroxylation sites is 2. The van der Waals surface area contributed by atoms with Gasteiger partial charge in [-0.2, -0.15) is 0 Å². The molecule has 5 heteroatoms. The summed E-state index contributed by atoms with van der Waals surface area (Å²) < 4.78 is 2.23. The Morgan fingerprint density at radius 1 is 1.15 bits per heavy atom. The van der Waals surface area contributed by atoms with Gasteiger partial charge in [0.05, 0.1) is 17.1 Å². The molecule has 0 radical (unpaired) electrons. The molecule has 3 aromatic rings. The highest BCUT2D eigenvalue weighted by Crippen LogP contribution is 2.22. The van der Waals surface area contributed by atoms with Crippen molar-refractivity contribution in [2.75, 3.05) is 0 Å². The van der Waals surface area contributed by atoms with Gasteiger partial charge >= 0.3 is 0 Å². The second-order valence-electron chi connectivity index (χ2n) is 6.52. The number of nitrogens with one attached hydrogen (secondary N) is 1. The van der Waals surface area contributed by atoms with E-state index in [1.54, 1.807) is 24.3 Å². The number of carbonyl (C=O) groups is 1. The highest BCUT2D eigenvalue weighted by atomic mass is 35.5. The molecule has 0 fully saturated rings. The molecule has 0 saturated heterocycles. The first-order chi connectivity index (χ1) is 12.6. The van der Waals surface area contributed by atoms with Gasteiger partial charge in [0.25, 0.3) is 5.91 Å². The van der Waals surface area contributed by atoms with Crippen LogP contribution < -0.4 is 5.32 Å². The van der Waals surface area contributed by atoms with E-state index in [1.165, 1.54) is 12.8 Å². The highest BCUT2D eigenvalue weighted by Gasteiger charge is 2.18. The maximum Gasteiger partial charge on any atom is 0.251 e. The first-order valence-corrected chi connectivity index (χ1v) is 9.49. The van der Waals surface area contributed by atoms with E-state index in [0.717, 1.165) is 29.8 Å². The Labute approximate surface area is 159 Å². The second kappa shape index (κ2) is 8.37. The number of rotatable bonds is 7. The number of hydrogen-bond donors (Lipinski definition) is 1. The molecular weight excluding hydrogens is 346 g/mol. The lowest BCUT2D eigenvalue weighted by atomic mass is 10.2. The van der Waals surface area contributed by atoms with Gasteiger partial charge in [0.1, 0.15) is 5.82 Å². The third kappa shape index (κ3) is 4.07. The number of hydrogen-bond acceptors (Lipinski definition) is 2. The van der Waals surface area contributed by atoms with Crippen molar-refractivity contribution in [2.24, 2.45) is 0 Å². The van der Waals surface area contributed by atoms with Crippen LogP contribution in [0, 0.1) is 0 Å². The van der Waals surface area contributed by atoms with Crippen LogP contribution in [-0.4, -0.2) is 15.5 Å². The van der Waals surface area contributed by atoms with Gasteiger partial charge in [-0.05, 0) is 49.7 Å². The number of halogens is 1. The number of imidazole rings is 1. The fraction of sp³-hybridized carbons (Fsp3) is 0.333. The Hall–Kier alpha value is -2.33. The average Bonchev–Trinajstić information content (AvgIpc) is 3.01. The fourth-order valence-electron chi connectivity index (χ4n) is 3.13. The molecule has 0 bridgehead atoms. The summed E-state index contributed by atoms with van der Waals surface area (Å²) in [4.78, 5) is 17.3. The minimum absolute atomic E-state index is 0.124. The molecule has 0 aliphatic carbocycles. The lowest BCUT2D eigenvalue weighted by Crippen LogP contribution is -2.28. The minimum atomic E-state index is -0.188. The van der Waals surface area contributed by atoms with Crippen molar-refractivity contribution >= 4 is 28.5 Å². The summed E-state index contributed by atoms with van der Waals surface area (Å²) in [6.07, 6.45) is 3.45. The normalized spacial score (nSPS) is 12.3. The summed E-state index contributed by atoms with van der Waals surface area (Å²) in [6.45, 7) is 5.08. The number of aryl methyl sites for hydroxylation is 1. The number of carbonyl (C=O) groups excluding carboxylic acids is 1. The molecule has 2 aromatic carbocycles. The Balaban J connectivity index is 1.84.